The van der Waals surface area contributed by atoms with Crippen LogP contribution in [-0.4, -0.2) is 61.0 Å². The molecule has 0 saturated carbocycles. The summed E-state index contributed by atoms with van der Waals surface area (Å²) < 4.78 is 0. The topological polar surface area (TPSA) is 52.6 Å². The Labute approximate surface area is 155 Å². The van der Waals surface area contributed by atoms with E-state index in [2.05, 4.69) is 21.8 Å². The molecule has 1 amide bonds. The highest BCUT2D eigenvalue weighted by atomic mass is 16.2. The first-order valence-corrected chi connectivity index (χ1v) is 8.99. The van der Waals surface area contributed by atoms with Crippen LogP contribution in [0.25, 0.3) is 0 Å². The number of piperazine rings is 1. The van der Waals surface area contributed by atoms with Gasteiger partial charge in [-0.25, -0.2) is 4.98 Å². The molecular formula is C20H27N5O. The van der Waals surface area contributed by atoms with E-state index < -0.39 is 0 Å². The summed E-state index contributed by atoms with van der Waals surface area (Å²) in [4.78, 5) is 28.1. The highest BCUT2D eigenvalue weighted by molar-refractivity contribution is 5.94. The summed E-state index contributed by atoms with van der Waals surface area (Å²) in [7, 11) is 3.96. The van der Waals surface area contributed by atoms with Crippen LogP contribution in [0.15, 0.2) is 24.3 Å². The SMILES string of the molecule is Cc1cc(N(C)C)nc(N2CCN(C(=O)c3ccc(C)c(C)c3)CC2)n1. The molecular weight excluding hydrogens is 326 g/mol. The quantitative estimate of drug-likeness (QED) is 0.848. The molecule has 6 heteroatoms. The number of amides is 1. The Hall–Kier alpha value is -2.63. The second kappa shape index (κ2) is 7.32. The van der Waals surface area contributed by atoms with Crippen molar-refractivity contribution in [2.24, 2.45) is 0 Å². The van der Waals surface area contributed by atoms with Crippen LogP contribution in [0.5, 0.6) is 0 Å². The number of nitrogens with zero attached hydrogens (tertiary/aromatic N) is 5. The summed E-state index contributed by atoms with van der Waals surface area (Å²) >= 11 is 0. The summed E-state index contributed by atoms with van der Waals surface area (Å²) in [6.07, 6.45) is 0. The molecule has 0 bridgehead atoms. The molecule has 1 aromatic heterocycles. The Morgan fingerprint density at radius 3 is 2.27 bits per heavy atom. The first kappa shape index (κ1) is 18.2. The number of carbonyl (C=O) groups is 1. The number of hydrogen-bond acceptors (Lipinski definition) is 5. The van der Waals surface area contributed by atoms with E-state index in [1.54, 1.807) is 0 Å². The van der Waals surface area contributed by atoms with E-state index in [9.17, 15) is 4.79 Å². The lowest BCUT2D eigenvalue weighted by molar-refractivity contribution is 0.0746. The van der Waals surface area contributed by atoms with Gasteiger partial charge in [0.15, 0.2) is 0 Å². The van der Waals surface area contributed by atoms with Crippen molar-refractivity contribution in [3.8, 4) is 0 Å². The molecule has 3 rings (SSSR count). The van der Waals surface area contributed by atoms with Crippen molar-refractivity contribution >= 4 is 17.7 Å². The Balaban J connectivity index is 1.69. The van der Waals surface area contributed by atoms with E-state index in [1.807, 2.05) is 62.0 Å². The molecule has 0 spiro atoms. The maximum Gasteiger partial charge on any atom is 0.253 e. The predicted octanol–water partition coefficient (Wildman–Crippen LogP) is 2.43. The monoisotopic (exact) mass is 353 g/mol. The van der Waals surface area contributed by atoms with E-state index in [-0.39, 0.29) is 5.91 Å². The standard InChI is InChI=1S/C20H27N5O/c1-14-6-7-17(12-15(14)2)19(26)24-8-10-25(11-9-24)20-21-16(3)13-18(22-20)23(4)5/h6-7,12-13H,8-11H2,1-5H3. The summed E-state index contributed by atoms with van der Waals surface area (Å²) in [6, 6.07) is 7.90. The van der Waals surface area contributed by atoms with Crippen molar-refractivity contribution in [1.82, 2.24) is 14.9 Å². The fourth-order valence-corrected chi connectivity index (χ4v) is 3.07. The molecule has 1 aliphatic heterocycles. The summed E-state index contributed by atoms with van der Waals surface area (Å²) in [5.41, 5.74) is 4.08. The van der Waals surface area contributed by atoms with Gasteiger partial charge >= 0.3 is 0 Å². The van der Waals surface area contributed by atoms with Gasteiger partial charge < -0.3 is 14.7 Å². The third kappa shape index (κ3) is 3.79. The third-order valence-electron chi connectivity index (χ3n) is 4.89. The lowest BCUT2D eigenvalue weighted by Crippen LogP contribution is -2.49. The molecule has 1 fully saturated rings. The molecule has 2 heterocycles. The molecule has 6 nitrogen and oxygen atoms in total. The minimum atomic E-state index is 0.104. The molecule has 138 valence electrons. The average molecular weight is 353 g/mol. The van der Waals surface area contributed by atoms with E-state index in [0.717, 1.165) is 41.7 Å². The van der Waals surface area contributed by atoms with Crippen LogP contribution >= 0.6 is 0 Å². The van der Waals surface area contributed by atoms with Gasteiger partial charge in [-0.15, -0.1) is 0 Å². The Kier molecular flexibility index (Phi) is 5.11. The molecule has 1 aliphatic rings. The van der Waals surface area contributed by atoms with Gasteiger partial charge in [0.2, 0.25) is 5.95 Å². The lowest BCUT2D eigenvalue weighted by atomic mass is 10.1. The molecule has 0 unspecified atom stereocenters. The number of benzene rings is 1. The fourth-order valence-electron chi connectivity index (χ4n) is 3.07. The number of rotatable bonds is 3. The van der Waals surface area contributed by atoms with Gasteiger partial charge in [0.1, 0.15) is 5.82 Å². The van der Waals surface area contributed by atoms with Crippen molar-refractivity contribution < 1.29 is 4.79 Å². The number of aryl methyl sites for hydroxylation is 3. The maximum atomic E-state index is 12.8. The Morgan fingerprint density at radius 2 is 1.65 bits per heavy atom. The molecule has 26 heavy (non-hydrogen) atoms. The molecule has 1 saturated heterocycles. The first-order valence-electron chi connectivity index (χ1n) is 8.99. The van der Waals surface area contributed by atoms with E-state index in [4.69, 9.17) is 0 Å². The smallest absolute Gasteiger partial charge is 0.253 e. The van der Waals surface area contributed by atoms with Crippen molar-refractivity contribution in [2.75, 3.05) is 50.1 Å². The van der Waals surface area contributed by atoms with E-state index in [1.165, 1.54) is 5.56 Å². The fraction of sp³-hybridized carbons (Fsp3) is 0.450. The van der Waals surface area contributed by atoms with Crippen LogP contribution in [0.2, 0.25) is 0 Å². The molecule has 2 aromatic rings. The van der Waals surface area contributed by atoms with E-state index >= 15 is 0 Å². The first-order chi connectivity index (χ1) is 12.3. The summed E-state index contributed by atoms with van der Waals surface area (Å²) in [6.45, 7) is 8.94. The van der Waals surface area contributed by atoms with Gasteiger partial charge in [-0.2, -0.15) is 4.98 Å². The molecule has 0 radical (unpaired) electrons. The van der Waals surface area contributed by atoms with Crippen LogP contribution in [0.3, 0.4) is 0 Å². The Morgan fingerprint density at radius 1 is 0.962 bits per heavy atom. The van der Waals surface area contributed by atoms with Gasteiger partial charge in [-0.1, -0.05) is 6.07 Å². The minimum Gasteiger partial charge on any atom is -0.363 e. The number of aromatic nitrogens is 2. The number of hydrogen-bond donors (Lipinski definition) is 0. The summed E-state index contributed by atoms with van der Waals surface area (Å²) in [5.74, 6) is 1.75. The zero-order valence-corrected chi connectivity index (χ0v) is 16.3. The summed E-state index contributed by atoms with van der Waals surface area (Å²) in [5, 5.41) is 0. The van der Waals surface area contributed by atoms with Crippen molar-refractivity contribution in [1.29, 1.82) is 0 Å². The Bertz CT molecular complexity index is 810. The van der Waals surface area contributed by atoms with Crippen molar-refractivity contribution in [2.45, 2.75) is 20.8 Å². The average Bonchev–Trinajstić information content (AvgIpc) is 2.63. The van der Waals surface area contributed by atoms with Gasteiger partial charge in [-0.05, 0) is 44.0 Å². The van der Waals surface area contributed by atoms with Crippen LogP contribution < -0.4 is 9.80 Å². The van der Waals surface area contributed by atoms with E-state index in [0.29, 0.717) is 13.1 Å². The molecule has 0 N–H and O–H groups in total. The minimum absolute atomic E-state index is 0.104. The highest BCUT2D eigenvalue weighted by Crippen LogP contribution is 2.18. The van der Waals surface area contributed by atoms with Gasteiger partial charge in [0.25, 0.3) is 5.91 Å². The molecule has 0 aliphatic carbocycles. The molecule has 0 atom stereocenters. The lowest BCUT2D eigenvalue weighted by Gasteiger charge is -2.35. The van der Waals surface area contributed by atoms with Crippen molar-refractivity contribution in [3.05, 3.63) is 46.6 Å². The van der Waals surface area contributed by atoms with Gasteiger partial charge in [0, 0.05) is 57.6 Å². The van der Waals surface area contributed by atoms with Crippen LogP contribution in [0, 0.1) is 20.8 Å². The highest BCUT2D eigenvalue weighted by Gasteiger charge is 2.24. The third-order valence-corrected chi connectivity index (χ3v) is 4.89. The molecule has 1 aromatic carbocycles. The van der Waals surface area contributed by atoms with Crippen LogP contribution in [0.1, 0.15) is 27.2 Å². The maximum absolute atomic E-state index is 12.8. The largest absolute Gasteiger partial charge is 0.363 e. The normalized spacial score (nSPS) is 14.5. The number of anilines is 2. The predicted molar refractivity (Wildman–Crippen MR) is 105 cm³/mol. The second-order valence-electron chi connectivity index (χ2n) is 7.14. The van der Waals surface area contributed by atoms with Gasteiger partial charge in [0.05, 0.1) is 0 Å². The van der Waals surface area contributed by atoms with Crippen molar-refractivity contribution in [3.63, 3.8) is 0 Å². The second-order valence-corrected chi connectivity index (χ2v) is 7.14. The van der Waals surface area contributed by atoms with Crippen LogP contribution in [0.4, 0.5) is 11.8 Å². The van der Waals surface area contributed by atoms with Gasteiger partial charge in [-0.3, -0.25) is 4.79 Å². The zero-order valence-electron chi connectivity index (χ0n) is 16.3. The zero-order chi connectivity index (χ0) is 18.8. The number of carbonyl (C=O) groups excluding carboxylic acids is 1. The van der Waals surface area contributed by atoms with Crippen LogP contribution in [-0.2, 0) is 0 Å².